The first-order chi connectivity index (χ1) is 10.6. The minimum absolute atomic E-state index is 0.0788. The van der Waals surface area contributed by atoms with Gasteiger partial charge >= 0.3 is 5.97 Å². The van der Waals surface area contributed by atoms with Gasteiger partial charge in [-0.25, -0.2) is 4.79 Å². The van der Waals surface area contributed by atoms with Gasteiger partial charge in [0.05, 0.1) is 12.5 Å². The fourth-order valence-electron chi connectivity index (χ4n) is 3.43. The molecule has 0 aliphatic carbocycles. The van der Waals surface area contributed by atoms with Crippen molar-refractivity contribution in [3.05, 3.63) is 35.4 Å². The van der Waals surface area contributed by atoms with E-state index >= 15 is 0 Å². The lowest BCUT2D eigenvalue weighted by Crippen LogP contribution is -2.57. The molecule has 1 N–H and O–H groups in total. The first-order valence-corrected chi connectivity index (χ1v) is 7.91. The third kappa shape index (κ3) is 2.86. The van der Waals surface area contributed by atoms with Crippen LogP contribution in [0.2, 0.25) is 0 Å². The lowest BCUT2D eigenvalue weighted by molar-refractivity contribution is -0.165. The highest BCUT2D eigenvalue weighted by Gasteiger charge is 2.44. The van der Waals surface area contributed by atoms with Gasteiger partial charge in [-0.3, -0.25) is 9.69 Å². The Bertz CT molecular complexity index is 581. The molecule has 3 rings (SSSR count). The molecule has 1 aromatic rings. The summed E-state index contributed by atoms with van der Waals surface area (Å²) in [5.41, 5.74) is 2.24. The number of hydrogen-bond acceptors (Lipinski definition) is 3. The third-order valence-electron chi connectivity index (χ3n) is 4.73. The maximum atomic E-state index is 11.8. The fourth-order valence-corrected chi connectivity index (χ4v) is 3.43. The fraction of sp³-hybridized carbons (Fsp3) is 0.529. The summed E-state index contributed by atoms with van der Waals surface area (Å²) in [6.45, 7) is 5.12. The minimum atomic E-state index is -0.917. The summed E-state index contributed by atoms with van der Waals surface area (Å²) in [7, 11) is 0. The Morgan fingerprint density at radius 3 is 2.73 bits per heavy atom. The molecule has 0 radical (unpaired) electrons. The number of likely N-dealkylation sites (tertiary alicyclic amines) is 2. The molecule has 2 saturated heterocycles. The van der Waals surface area contributed by atoms with Crippen LogP contribution in [0.1, 0.15) is 43.4 Å². The molecule has 2 heterocycles. The van der Waals surface area contributed by atoms with E-state index in [9.17, 15) is 9.59 Å². The van der Waals surface area contributed by atoms with Crippen molar-refractivity contribution in [2.75, 3.05) is 13.1 Å². The van der Waals surface area contributed by atoms with E-state index in [-0.39, 0.29) is 18.4 Å². The Labute approximate surface area is 130 Å². The molecule has 0 saturated carbocycles. The Balaban J connectivity index is 1.73. The summed E-state index contributed by atoms with van der Waals surface area (Å²) in [5, 5.41) is 9.16. The van der Waals surface area contributed by atoms with Crippen LogP contribution in [0, 0.1) is 0 Å². The van der Waals surface area contributed by atoms with Gasteiger partial charge in [0.1, 0.15) is 6.04 Å². The molecule has 1 aromatic carbocycles. The highest BCUT2D eigenvalue weighted by Crippen LogP contribution is 2.32. The summed E-state index contributed by atoms with van der Waals surface area (Å²) in [4.78, 5) is 26.9. The second kappa shape index (κ2) is 6.08. The smallest absolute Gasteiger partial charge is 0.326 e. The van der Waals surface area contributed by atoms with Gasteiger partial charge in [0.2, 0.25) is 5.91 Å². The van der Waals surface area contributed by atoms with Crippen molar-refractivity contribution in [3.8, 4) is 0 Å². The van der Waals surface area contributed by atoms with E-state index < -0.39 is 12.0 Å². The molecule has 0 spiro atoms. The molecule has 22 heavy (non-hydrogen) atoms. The van der Waals surface area contributed by atoms with Crippen LogP contribution in [-0.2, 0) is 16.1 Å². The lowest BCUT2D eigenvalue weighted by Gasteiger charge is -2.42. The zero-order valence-electron chi connectivity index (χ0n) is 12.9. The maximum absolute atomic E-state index is 11.8. The number of carboxylic acid groups (broad SMARTS) is 1. The predicted molar refractivity (Wildman–Crippen MR) is 82.3 cm³/mol. The van der Waals surface area contributed by atoms with Crippen molar-refractivity contribution < 1.29 is 14.7 Å². The van der Waals surface area contributed by atoms with Gasteiger partial charge in [0.25, 0.3) is 0 Å². The Morgan fingerprint density at radius 1 is 1.36 bits per heavy atom. The number of rotatable bonds is 5. The molecule has 0 bridgehead atoms. The summed E-state index contributed by atoms with van der Waals surface area (Å²) < 4.78 is 0. The number of nitrogens with zero attached hydrogens (tertiary/aromatic N) is 2. The number of amides is 1. The van der Waals surface area contributed by atoms with Crippen molar-refractivity contribution in [2.24, 2.45) is 0 Å². The molecule has 1 amide bonds. The van der Waals surface area contributed by atoms with Crippen molar-refractivity contribution in [1.29, 1.82) is 0 Å². The number of hydrogen-bond donors (Lipinski definition) is 1. The predicted octanol–water partition coefficient (Wildman–Crippen LogP) is 2.03. The molecule has 2 unspecified atom stereocenters. The van der Waals surface area contributed by atoms with Crippen LogP contribution < -0.4 is 0 Å². The average Bonchev–Trinajstić information content (AvgIpc) is 2.97. The molecular formula is C17H22N2O3. The van der Waals surface area contributed by atoms with E-state index in [2.05, 4.69) is 17.0 Å². The van der Waals surface area contributed by atoms with E-state index in [0.29, 0.717) is 0 Å². The summed E-state index contributed by atoms with van der Waals surface area (Å²) in [5.74, 6) is -0.996. The van der Waals surface area contributed by atoms with Crippen molar-refractivity contribution in [2.45, 2.75) is 44.8 Å². The standard InChI is InChI=1S/C17H22N2O3/c1-12(19-15(17(21)22)10-16(19)20)14-6-4-5-13(9-14)11-18-7-2-3-8-18/h4-6,9,12,15H,2-3,7-8,10-11H2,1H3,(H,21,22). The number of β-lactam (4-membered cyclic amide) rings is 1. The summed E-state index contributed by atoms with van der Waals surface area (Å²) in [6.07, 6.45) is 2.64. The number of benzene rings is 1. The van der Waals surface area contributed by atoms with Gasteiger partial charge in [-0.1, -0.05) is 24.3 Å². The topological polar surface area (TPSA) is 60.9 Å². The van der Waals surface area contributed by atoms with Gasteiger partial charge in [-0.05, 0) is 44.0 Å². The van der Waals surface area contributed by atoms with Gasteiger partial charge in [-0.15, -0.1) is 0 Å². The van der Waals surface area contributed by atoms with Crippen molar-refractivity contribution >= 4 is 11.9 Å². The minimum Gasteiger partial charge on any atom is -0.480 e. The van der Waals surface area contributed by atoms with E-state index in [1.54, 1.807) is 0 Å². The van der Waals surface area contributed by atoms with Gasteiger partial charge in [-0.2, -0.15) is 0 Å². The molecule has 118 valence electrons. The largest absolute Gasteiger partial charge is 0.480 e. The summed E-state index contributed by atoms with van der Waals surface area (Å²) >= 11 is 0. The van der Waals surface area contributed by atoms with Crippen LogP contribution in [-0.4, -0.2) is 45.9 Å². The molecule has 5 heteroatoms. The molecule has 5 nitrogen and oxygen atoms in total. The lowest BCUT2D eigenvalue weighted by atomic mass is 9.94. The van der Waals surface area contributed by atoms with E-state index in [0.717, 1.165) is 25.2 Å². The van der Waals surface area contributed by atoms with Crippen LogP contribution in [0.4, 0.5) is 0 Å². The van der Waals surface area contributed by atoms with Gasteiger partial charge < -0.3 is 10.0 Å². The number of aliphatic carboxylic acids is 1. The molecular weight excluding hydrogens is 280 g/mol. The van der Waals surface area contributed by atoms with Crippen molar-refractivity contribution in [3.63, 3.8) is 0 Å². The van der Waals surface area contributed by atoms with Crippen LogP contribution in [0.15, 0.2) is 24.3 Å². The number of carboxylic acids is 1. The highest BCUT2D eigenvalue weighted by molar-refractivity contribution is 5.94. The summed E-state index contributed by atoms with van der Waals surface area (Å²) in [6, 6.07) is 7.31. The van der Waals surface area contributed by atoms with E-state index in [4.69, 9.17) is 5.11 Å². The van der Waals surface area contributed by atoms with E-state index in [1.165, 1.54) is 23.3 Å². The first kappa shape index (κ1) is 15.0. The molecule has 2 aliphatic rings. The molecule has 2 fully saturated rings. The highest BCUT2D eigenvalue weighted by atomic mass is 16.4. The molecule has 2 aliphatic heterocycles. The van der Waals surface area contributed by atoms with Crippen LogP contribution in [0.5, 0.6) is 0 Å². The monoisotopic (exact) mass is 302 g/mol. The maximum Gasteiger partial charge on any atom is 0.326 e. The Morgan fingerprint density at radius 2 is 2.09 bits per heavy atom. The zero-order chi connectivity index (χ0) is 15.7. The second-order valence-corrected chi connectivity index (χ2v) is 6.26. The second-order valence-electron chi connectivity index (χ2n) is 6.26. The Hall–Kier alpha value is -1.88. The normalized spacial score (nSPS) is 23.4. The SMILES string of the molecule is CC(c1cccc(CN2CCCC2)c1)N1C(=O)CC1C(=O)O. The van der Waals surface area contributed by atoms with Crippen molar-refractivity contribution in [1.82, 2.24) is 9.80 Å². The third-order valence-corrected chi connectivity index (χ3v) is 4.73. The average molecular weight is 302 g/mol. The Kier molecular flexibility index (Phi) is 4.16. The van der Waals surface area contributed by atoms with Crippen LogP contribution in [0.25, 0.3) is 0 Å². The molecule has 2 atom stereocenters. The van der Waals surface area contributed by atoms with E-state index in [1.807, 2.05) is 19.1 Å². The van der Waals surface area contributed by atoms with Gasteiger partial charge in [0, 0.05) is 6.54 Å². The van der Waals surface area contributed by atoms with Crippen LogP contribution in [0.3, 0.4) is 0 Å². The number of carbonyl (C=O) groups excluding carboxylic acids is 1. The molecule has 0 aromatic heterocycles. The first-order valence-electron chi connectivity index (χ1n) is 7.91. The quantitative estimate of drug-likeness (QED) is 0.846. The van der Waals surface area contributed by atoms with Crippen LogP contribution >= 0.6 is 0 Å². The zero-order valence-corrected chi connectivity index (χ0v) is 12.9. The number of carbonyl (C=O) groups is 2. The van der Waals surface area contributed by atoms with Gasteiger partial charge in [0.15, 0.2) is 0 Å².